The Labute approximate surface area is 142 Å². The molecule has 1 unspecified atom stereocenters. The highest BCUT2D eigenvalue weighted by Gasteiger charge is 2.21. The highest BCUT2D eigenvalue weighted by atomic mass is 16.3. The minimum atomic E-state index is -0.392. The van der Waals surface area contributed by atoms with Crippen molar-refractivity contribution in [3.05, 3.63) is 48.4 Å². The van der Waals surface area contributed by atoms with Crippen LogP contribution in [0.15, 0.2) is 42.9 Å². The normalized spacial score (nSPS) is 12.5. The molecule has 0 saturated carbocycles. The molecular formula is C18H24N4O2. The molecule has 1 heterocycles. The van der Waals surface area contributed by atoms with Crippen LogP contribution < -0.4 is 10.6 Å². The van der Waals surface area contributed by atoms with E-state index in [-0.39, 0.29) is 11.3 Å². The summed E-state index contributed by atoms with van der Waals surface area (Å²) >= 11 is 0. The first-order valence-corrected chi connectivity index (χ1v) is 7.95. The zero-order valence-electron chi connectivity index (χ0n) is 14.3. The quantitative estimate of drug-likeness (QED) is 0.727. The van der Waals surface area contributed by atoms with Crippen LogP contribution in [0.5, 0.6) is 0 Å². The van der Waals surface area contributed by atoms with Gasteiger partial charge in [-0.1, -0.05) is 19.9 Å². The molecule has 0 aliphatic heterocycles. The number of aromatic nitrogens is 2. The largest absolute Gasteiger partial charge is 0.393 e. The van der Waals surface area contributed by atoms with Gasteiger partial charge in [-0.2, -0.15) is 0 Å². The number of hydrogen-bond donors (Lipinski definition) is 3. The highest BCUT2D eigenvalue weighted by Crippen LogP contribution is 2.21. The number of benzene rings is 1. The van der Waals surface area contributed by atoms with E-state index in [1.807, 2.05) is 26.0 Å². The molecule has 0 bridgehead atoms. The van der Waals surface area contributed by atoms with Crippen LogP contribution in [0.25, 0.3) is 0 Å². The van der Waals surface area contributed by atoms with E-state index in [2.05, 4.69) is 20.6 Å². The molecule has 0 aliphatic rings. The lowest BCUT2D eigenvalue weighted by Gasteiger charge is -2.26. The van der Waals surface area contributed by atoms with Gasteiger partial charge in [-0.05, 0) is 37.0 Å². The van der Waals surface area contributed by atoms with Gasteiger partial charge in [0.25, 0.3) is 5.91 Å². The summed E-state index contributed by atoms with van der Waals surface area (Å²) in [7, 11) is 0. The third kappa shape index (κ3) is 5.62. The van der Waals surface area contributed by atoms with Crippen molar-refractivity contribution >= 4 is 17.4 Å². The summed E-state index contributed by atoms with van der Waals surface area (Å²) in [6, 6.07) is 7.21. The van der Waals surface area contributed by atoms with E-state index in [1.165, 1.54) is 0 Å². The minimum absolute atomic E-state index is 0.142. The zero-order valence-corrected chi connectivity index (χ0v) is 14.3. The highest BCUT2D eigenvalue weighted by molar-refractivity contribution is 5.95. The van der Waals surface area contributed by atoms with Crippen molar-refractivity contribution in [2.45, 2.75) is 33.3 Å². The Morgan fingerprint density at radius 2 is 2.12 bits per heavy atom. The van der Waals surface area contributed by atoms with Crippen molar-refractivity contribution < 1.29 is 9.90 Å². The number of carbonyl (C=O) groups excluding carboxylic acids is 1. The third-order valence-corrected chi connectivity index (χ3v) is 3.54. The molecule has 1 aromatic carbocycles. The van der Waals surface area contributed by atoms with Gasteiger partial charge in [0.2, 0.25) is 0 Å². The van der Waals surface area contributed by atoms with Gasteiger partial charge in [0.15, 0.2) is 0 Å². The monoisotopic (exact) mass is 328 g/mol. The number of amides is 1. The Balaban J connectivity index is 1.99. The fourth-order valence-corrected chi connectivity index (χ4v) is 2.54. The molecule has 1 amide bonds. The number of carbonyl (C=O) groups is 1. The second-order valence-electron chi connectivity index (χ2n) is 6.70. The zero-order chi connectivity index (χ0) is 17.6. The number of nitrogens with zero attached hydrogens (tertiary/aromatic N) is 2. The van der Waals surface area contributed by atoms with E-state index < -0.39 is 6.10 Å². The Bertz CT molecular complexity index is 672. The second kappa shape index (κ2) is 7.88. The second-order valence-corrected chi connectivity index (χ2v) is 6.70. The van der Waals surface area contributed by atoms with Crippen molar-refractivity contribution in [1.29, 1.82) is 0 Å². The number of rotatable bonds is 7. The van der Waals surface area contributed by atoms with Crippen LogP contribution in [0.3, 0.4) is 0 Å². The summed E-state index contributed by atoms with van der Waals surface area (Å²) in [5, 5.41) is 15.6. The van der Waals surface area contributed by atoms with Gasteiger partial charge in [-0.25, -0.2) is 4.98 Å². The molecule has 6 heteroatoms. The van der Waals surface area contributed by atoms with E-state index in [4.69, 9.17) is 0 Å². The summed E-state index contributed by atoms with van der Waals surface area (Å²) < 4.78 is 0. The molecule has 0 radical (unpaired) electrons. The molecule has 3 N–H and O–H groups in total. The predicted octanol–water partition coefficient (Wildman–Crippen LogP) is 2.75. The fourth-order valence-electron chi connectivity index (χ4n) is 2.54. The molecule has 0 saturated heterocycles. The van der Waals surface area contributed by atoms with Crippen molar-refractivity contribution in [2.24, 2.45) is 5.41 Å². The first-order chi connectivity index (χ1) is 11.4. The first kappa shape index (κ1) is 17.9. The summed E-state index contributed by atoms with van der Waals surface area (Å²) in [5.74, 6) is 0.476. The van der Waals surface area contributed by atoms with Crippen molar-refractivity contribution in [3.63, 3.8) is 0 Å². The summed E-state index contributed by atoms with van der Waals surface area (Å²) in [4.78, 5) is 20.5. The number of aliphatic hydroxyl groups is 1. The first-order valence-electron chi connectivity index (χ1n) is 7.95. The topological polar surface area (TPSA) is 87.1 Å². The van der Waals surface area contributed by atoms with E-state index >= 15 is 0 Å². The fraction of sp³-hybridized carbons (Fsp3) is 0.389. The molecule has 2 aromatic rings. The van der Waals surface area contributed by atoms with Crippen LogP contribution in [-0.4, -0.2) is 33.6 Å². The van der Waals surface area contributed by atoms with Crippen LogP contribution >= 0.6 is 0 Å². The molecule has 0 aliphatic carbocycles. The number of nitrogens with one attached hydrogen (secondary N) is 2. The van der Waals surface area contributed by atoms with Crippen molar-refractivity contribution in [3.8, 4) is 0 Å². The average Bonchev–Trinajstić information content (AvgIpc) is 2.53. The Kier molecular flexibility index (Phi) is 5.87. The van der Waals surface area contributed by atoms with Crippen molar-refractivity contribution in [2.75, 3.05) is 11.9 Å². The van der Waals surface area contributed by atoms with E-state index in [0.717, 1.165) is 5.69 Å². The Morgan fingerprint density at radius 3 is 2.79 bits per heavy atom. The maximum Gasteiger partial charge on any atom is 0.251 e. The lowest BCUT2D eigenvalue weighted by molar-refractivity contribution is 0.0902. The lowest BCUT2D eigenvalue weighted by Crippen LogP contribution is -2.35. The smallest absolute Gasteiger partial charge is 0.251 e. The molecule has 0 fully saturated rings. The molecule has 0 spiro atoms. The molecular weight excluding hydrogens is 304 g/mol. The summed E-state index contributed by atoms with van der Waals surface area (Å²) in [6.45, 7) is 6.29. The molecule has 1 atom stereocenters. The van der Waals surface area contributed by atoms with Crippen LogP contribution in [-0.2, 0) is 0 Å². The van der Waals surface area contributed by atoms with E-state index in [9.17, 15) is 9.90 Å². The average molecular weight is 328 g/mol. The molecule has 24 heavy (non-hydrogen) atoms. The van der Waals surface area contributed by atoms with Gasteiger partial charge in [-0.3, -0.25) is 9.78 Å². The minimum Gasteiger partial charge on any atom is -0.393 e. The third-order valence-electron chi connectivity index (χ3n) is 3.54. The molecule has 6 nitrogen and oxygen atoms in total. The molecule has 128 valence electrons. The number of hydrogen-bond acceptors (Lipinski definition) is 5. The standard InChI is InChI=1S/C18H24N4O2/c1-13(23)10-18(2,3)12-21-17(24)14-5-4-6-15(9-14)22-16-11-19-7-8-20-16/h4-9,11,13,23H,10,12H2,1-3H3,(H,20,22)(H,21,24). The summed E-state index contributed by atoms with van der Waals surface area (Å²) in [6.07, 6.45) is 5.05. The van der Waals surface area contributed by atoms with E-state index in [0.29, 0.717) is 24.3 Å². The van der Waals surface area contributed by atoms with Gasteiger partial charge in [0.05, 0.1) is 12.3 Å². The van der Waals surface area contributed by atoms with Crippen LogP contribution in [0.4, 0.5) is 11.5 Å². The Hall–Kier alpha value is -2.47. The number of anilines is 2. The van der Waals surface area contributed by atoms with Gasteiger partial charge in [0.1, 0.15) is 5.82 Å². The number of aliphatic hydroxyl groups excluding tert-OH is 1. The van der Waals surface area contributed by atoms with Crippen LogP contribution in [0.1, 0.15) is 37.6 Å². The lowest BCUT2D eigenvalue weighted by atomic mass is 9.87. The van der Waals surface area contributed by atoms with Gasteiger partial charge < -0.3 is 15.7 Å². The van der Waals surface area contributed by atoms with Gasteiger partial charge >= 0.3 is 0 Å². The van der Waals surface area contributed by atoms with E-state index in [1.54, 1.807) is 37.6 Å². The Morgan fingerprint density at radius 1 is 1.33 bits per heavy atom. The molecule has 1 aromatic heterocycles. The maximum atomic E-state index is 12.4. The van der Waals surface area contributed by atoms with Gasteiger partial charge in [0, 0.05) is 30.2 Å². The summed E-state index contributed by atoms with van der Waals surface area (Å²) in [5.41, 5.74) is 1.17. The van der Waals surface area contributed by atoms with Crippen LogP contribution in [0.2, 0.25) is 0 Å². The molecule has 2 rings (SSSR count). The van der Waals surface area contributed by atoms with Gasteiger partial charge in [-0.15, -0.1) is 0 Å². The SMILES string of the molecule is CC(O)CC(C)(C)CNC(=O)c1cccc(Nc2cnccn2)c1. The van der Waals surface area contributed by atoms with Crippen molar-refractivity contribution in [1.82, 2.24) is 15.3 Å². The predicted molar refractivity (Wildman–Crippen MR) is 94.2 cm³/mol. The van der Waals surface area contributed by atoms with Crippen LogP contribution in [0, 0.1) is 5.41 Å². The maximum absolute atomic E-state index is 12.4.